The summed E-state index contributed by atoms with van der Waals surface area (Å²) in [6.45, 7) is 0. The zero-order valence-electron chi connectivity index (χ0n) is 4.17. The molecule has 5 heteroatoms. The standard InChI is InChI=1S/C4H3Cl3F2/c5-4(6,7)2-1-3(8)9/h1H,2H2. The maximum Gasteiger partial charge on any atom is 0.266 e. The lowest BCUT2D eigenvalue weighted by atomic mass is 10.5. The molecule has 0 aliphatic rings. The van der Waals surface area contributed by atoms with E-state index in [2.05, 4.69) is 0 Å². The highest BCUT2D eigenvalue weighted by Gasteiger charge is 2.17. The molecule has 0 radical (unpaired) electrons. The van der Waals surface area contributed by atoms with Crippen molar-refractivity contribution in [3.63, 3.8) is 0 Å². The van der Waals surface area contributed by atoms with Crippen LogP contribution in [0.5, 0.6) is 0 Å². The van der Waals surface area contributed by atoms with Crippen LogP contribution in [0.4, 0.5) is 8.78 Å². The Morgan fingerprint density at radius 1 is 1.33 bits per heavy atom. The number of allylic oxidation sites excluding steroid dienone is 1. The molecule has 0 unspecified atom stereocenters. The molecule has 0 aromatic carbocycles. The molecule has 0 rings (SSSR count). The number of hydrogen-bond acceptors (Lipinski definition) is 0. The first-order chi connectivity index (χ1) is 3.92. The zero-order chi connectivity index (χ0) is 7.49. The summed E-state index contributed by atoms with van der Waals surface area (Å²) in [6, 6.07) is 0. The lowest BCUT2D eigenvalue weighted by Crippen LogP contribution is -1.98. The van der Waals surface area contributed by atoms with Crippen molar-refractivity contribution in [2.75, 3.05) is 0 Å². The van der Waals surface area contributed by atoms with E-state index in [1.54, 1.807) is 0 Å². The molecular weight excluding hydrogens is 192 g/mol. The van der Waals surface area contributed by atoms with Crippen LogP contribution in [0.3, 0.4) is 0 Å². The van der Waals surface area contributed by atoms with Crippen molar-refractivity contribution < 1.29 is 8.78 Å². The van der Waals surface area contributed by atoms with Gasteiger partial charge in [-0.1, -0.05) is 34.8 Å². The zero-order valence-corrected chi connectivity index (χ0v) is 6.44. The Kier molecular flexibility index (Phi) is 3.78. The Hall–Kier alpha value is 0.470. The van der Waals surface area contributed by atoms with Gasteiger partial charge in [0.2, 0.25) is 0 Å². The topological polar surface area (TPSA) is 0 Å². The van der Waals surface area contributed by atoms with Crippen LogP contribution in [0.25, 0.3) is 0 Å². The van der Waals surface area contributed by atoms with Gasteiger partial charge in [-0.15, -0.1) is 0 Å². The minimum atomic E-state index is -1.83. The van der Waals surface area contributed by atoms with Crippen molar-refractivity contribution in [1.29, 1.82) is 0 Å². The third-order valence-electron chi connectivity index (χ3n) is 0.488. The molecule has 0 bridgehead atoms. The van der Waals surface area contributed by atoms with Crippen molar-refractivity contribution in [2.45, 2.75) is 10.2 Å². The van der Waals surface area contributed by atoms with Gasteiger partial charge in [0, 0.05) is 6.42 Å². The molecule has 0 saturated carbocycles. The first kappa shape index (κ1) is 9.47. The molecule has 0 heterocycles. The summed E-state index contributed by atoms with van der Waals surface area (Å²) in [5.41, 5.74) is 0. The molecule has 0 aliphatic heterocycles. The van der Waals surface area contributed by atoms with Gasteiger partial charge < -0.3 is 0 Å². The molecule has 0 fully saturated rings. The molecule has 54 valence electrons. The van der Waals surface area contributed by atoms with Crippen LogP contribution in [0.2, 0.25) is 0 Å². The molecule has 0 atom stereocenters. The van der Waals surface area contributed by atoms with Gasteiger partial charge in [0.15, 0.2) is 3.79 Å². The maximum atomic E-state index is 11.3. The summed E-state index contributed by atoms with van der Waals surface area (Å²) in [5, 5.41) is 0. The highest BCUT2D eigenvalue weighted by Crippen LogP contribution is 2.30. The molecule has 0 saturated heterocycles. The van der Waals surface area contributed by atoms with E-state index >= 15 is 0 Å². The minimum absolute atomic E-state index is 0.264. The predicted octanol–water partition coefficient (Wildman–Crippen LogP) is 3.53. The highest BCUT2D eigenvalue weighted by molar-refractivity contribution is 6.67. The second kappa shape index (κ2) is 3.59. The second-order valence-electron chi connectivity index (χ2n) is 1.31. The van der Waals surface area contributed by atoms with E-state index in [0.717, 1.165) is 0 Å². The Balaban J connectivity index is 3.64. The van der Waals surface area contributed by atoms with E-state index in [1.165, 1.54) is 0 Å². The van der Waals surface area contributed by atoms with E-state index in [9.17, 15) is 8.78 Å². The van der Waals surface area contributed by atoms with Crippen LogP contribution in [-0.4, -0.2) is 3.79 Å². The average molecular weight is 195 g/mol. The largest absolute Gasteiger partial charge is 0.266 e. The molecular formula is C4H3Cl3F2. The van der Waals surface area contributed by atoms with Crippen molar-refractivity contribution in [1.82, 2.24) is 0 Å². The molecule has 0 N–H and O–H groups in total. The van der Waals surface area contributed by atoms with Gasteiger partial charge in [-0.05, 0) is 6.08 Å². The van der Waals surface area contributed by atoms with Crippen LogP contribution in [-0.2, 0) is 0 Å². The molecule has 0 amide bonds. The lowest BCUT2D eigenvalue weighted by Gasteiger charge is -2.04. The molecule has 0 aromatic rings. The predicted molar refractivity (Wildman–Crippen MR) is 35.2 cm³/mol. The smallest absolute Gasteiger partial charge is 0.174 e. The van der Waals surface area contributed by atoms with Crippen molar-refractivity contribution >= 4 is 34.8 Å². The van der Waals surface area contributed by atoms with Crippen LogP contribution >= 0.6 is 34.8 Å². The number of alkyl halides is 3. The van der Waals surface area contributed by atoms with Crippen LogP contribution in [0.1, 0.15) is 6.42 Å². The van der Waals surface area contributed by atoms with E-state index in [1.807, 2.05) is 0 Å². The molecule has 0 aliphatic carbocycles. The Bertz CT molecular complexity index is 111. The van der Waals surface area contributed by atoms with E-state index < -0.39 is 9.87 Å². The van der Waals surface area contributed by atoms with Gasteiger partial charge in [0.1, 0.15) is 0 Å². The summed E-state index contributed by atoms with van der Waals surface area (Å²) in [7, 11) is 0. The summed E-state index contributed by atoms with van der Waals surface area (Å²) < 4.78 is 20.9. The quantitative estimate of drug-likeness (QED) is 0.562. The SMILES string of the molecule is FC(F)=CCC(Cl)(Cl)Cl. The van der Waals surface area contributed by atoms with Gasteiger partial charge in [0.25, 0.3) is 6.08 Å². The minimum Gasteiger partial charge on any atom is -0.174 e. The fourth-order valence-corrected chi connectivity index (χ4v) is 0.424. The normalized spacial score (nSPS) is 11.2. The third kappa shape index (κ3) is 8.47. The van der Waals surface area contributed by atoms with Gasteiger partial charge in [0.05, 0.1) is 0 Å². The van der Waals surface area contributed by atoms with Crippen LogP contribution in [0, 0.1) is 0 Å². The Morgan fingerprint density at radius 3 is 1.89 bits per heavy atom. The Morgan fingerprint density at radius 2 is 1.78 bits per heavy atom. The van der Waals surface area contributed by atoms with Crippen molar-refractivity contribution in [3.8, 4) is 0 Å². The van der Waals surface area contributed by atoms with Crippen molar-refractivity contribution in [2.24, 2.45) is 0 Å². The first-order valence-electron chi connectivity index (χ1n) is 2.00. The lowest BCUT2D eigenvalue weighted by molar-refractivity contribution is 0.417. The van der Waals surface area contributed by atoms with Gasteiger partial charge >= 0.3 is 0 Å². The fraction of sp³-hybridized carbons (Fsp3) is 0.500. The van der Waals surface area contributed by atoms with E-state index in [-0.39, 0.29) is 6.42 Å². The van der Waals surface area contributed by atoms with Gasteiger partial charge in [-0.3, -0.25) is 0 Å². The fourth-order valence-electron chi connectivity index (χ4n) is 0.193. The average Bonchev–Trinajstić information content (AvgIpc) is 1.59. The van der Waals surface area contributed by atoms with Crippen LogP contribution < -0.4 is 0 Å². The summed E-state index contributed by atoms with van der Waals surface area (Å²) in [5.74, 6) is 0. The van der Waals surface area contributed by atoms with Crippen LogP contribution in [0.15, 0.2) is 12.2 Å². The van der Waals surface area contributed by atoms with E-state index in [0.29, 0.717) is 6.08 Å². The molecule has 0 nitrogen and oxygen atoms in total. The molecule has 0 aromatic heterocycles. The Labute approximate surface area is 66.4 Å². The number of rotatable bonds is 1. The molecule has 9 heavy (non-hydrogen) atoms. The monoisotopic (exact) mass is 194 g/mol. The van der Waals surface area contributed by atoms with Gasteiger partial charge in [-0.2, -0.15) is 8.78 Å². The summed E-state index contributed by atoms with van der Waals surface area (Å²) in [6.07, 6.45) is -1.53. The van der Waals surface area contributed by atoms with Crippen molar-refractivity contribution in [3.05, 3.63) is 12.2 Å². The summed E-state index contributed by atoms with van der Waals surface area (Å²) in [4.78, 5) is 0. The first-order valence-corrected chi connectivity index (χ1v) is 3.13. The van der Waals surface area contributed by atoms with Gasteiger partial charge in [-0.25, -0.2) is 0 Å². The maximum absolute atomic E-state index is 11.3. The molecule has 0 spiro atoms. The third-order valence-corrected chi connectivity index (χ3v) is 0.951. The number of hydrogen-bond donors (Lipinski definition) is 0. The summed E-state index contributed by atoms with van der Waals surface area (Å²) >= 11 is 15.4. The van der Waals surface area contributed by atoms with E-state index in [4.69, 9.17) is 34.8 Å². The number of halogens is 5. The highest BCUT2D eigenvalue weighted by atomic mass is 35.6. The second-order valence-corrected chi connectivity index (χ2v) is 3.83.